The number of carbonyl (C=O) groups is 1. The monoisotopic (exact) mass is 508 g/mol. The predicted octanol–water partition coefficient (Wildman–Crippen LogP) is 3.64. The van der Waals surface area contributed by atoms with Gasteiger partial charge in [0, 0.05) is 6.54 Å². The van der Waals surface area contributed by atoms with E-state index in [1.807, 2.05) is 29.2 Å². The highest BCUT2D eigenvalue weighted by molar-refractivity contribution is 6.08. The quantitative estimate of drug-likeness (QED) is 0.437. The van der Waals surface area contributed by atoms with E-state index in [2.05, 4.69) is 10.3 Å². The Morgan fingerprint density at radius 1 is 1.05 bits per heavy atom. The van der Waals surface area contributed by atoms with Crippen molar-refractivity contribution < 1.29 is 19.0 Å². The highest BCUT2D eigenvalue weighted by Gasteiger charge is 2.43. The second-order valence-electron chi connectivity index (χ2n) is 9.14. The van der Waals surface area contributed by atoms with Gasteiger partial charge in [-0.25, -0.2) is 9.79 Å². The van der Waals surface area contributed by atoms with Crippen molar-refractivity contribution in [1.82, 2.24) is 0 Å². The van der Waals surface area contributed by atoms with Crippen LogP contribution in [0.2, 0.25) is 0 Å². The molecule has 1 spiro atoms. The van der Waals surface area contributed by atoms with Gasteiger partial charge in [0.2, 0.25) is 11.9 Å². The van der Waals surface area contributed by atoms with Gasteiger partial charge in [-0.05, 0) is 74.9 Å². The van der Waals surface area contributed by atoms with Crippen LogP contribution in [0.15, 0.2) is 46.4 Å². The van der Waals surface area contributed by atoms with Crippen molar-refractivity contribution in [3.8, 4) is 11.5 Å². The first-order valence-corrected chi connectivity index (χ1v) is 12.7. The van der Waals surface area contributed by atoms with Gasteiger partial charge in [0.25, 0.3) is 0 Å². The molecular weight excluding hydrogens is 472 g/mol. The summed E-state index contributed by atoms with van der Waals surface area (Å²) in [6.45, 7) is 2.70. The van der Waals surface area contributed by atoms with Gasteiger partial charge >= 0.3 is 5.97 Å². The summed E-state index contributed by atoms with van der Waals surface area (Å²) in [5.41, 5.74) is 15.0. The van der Waals surface area contributed by atoms with Gasteiger partial charge in [-0.3, -0.25) is 4.90 Å². The predicted molar refractivity (Wildman–Crippen MR) is 146 cm³/mol. The molecule has 1 aliphatic heterocycles. The number of guanidine groups is 2. The van der Waals surface area contributed by atoms with E-state index in [0.29, 0.717) is 23.6 Å². The summed E-state index contributed by atoms with van der Waals surface area (Å²) in [5, 5.41) is 3.52. The third-order valence-corrected chi connectivity index (χ3v) is 6.78. The first-order chi connectivity index (χ1) is 17.9. The first-order valence-electron chi connectivity index (χ1n) is 12.7. The molecule has 0 amide bonds. The molecule has 0 bridgehead atoms. The van der Waals surface area contributed by atoms with Crippen LogP contribution in [0.5, 0.6) is 11.5 Å². The average Bonchev–Trinajstić information content (AvgIpc) is 2.89. The summed E-state index contributed by atoms with van der Waals surface area (Å²) in [6, 6.07) is 11.3. The molecule has 1 heterocycles. The van der Waals surface area contributed by atoms with Crippen molar-refractivity contribution >= 4 is 29.3 Å². The van der Waals surface area contributed by atoms with Crippen LogP contribution in [0, 0.1) is 0 Å². The van der Waals surface area contributed by atoms with Crippen LogP contribution in [0.25, 0.3) is 0 Å². The van der Waals surface area contributed by atoms with Crippen molar-refractivity contribution in [3.63, 3.8) is 0 Å². The van der Waals surface area contributed by atoms with Crippen LogP contribution < -0.4 is 31.2 Å². The van der Waals surface area contributed by atoms with Crippen LogP contribution in [0.3, 0.4) is 0 Å². The number of anilines is 2. The van der Waals surface area contributed by atoms with Gasteiger partial charge in [0.1, 0.15) is 5.66 Å². The minimum atomic E-state index is -0.638. The van der Waals surface area contributed by atoms with Gasteiger partial charge < -0.3 is 31.0 Å². The Morgan fingerprint density at radius 3 is 2.51 bits per heavy atom. The summed E-state index contributed by atoms with van der Waals surface area (Å²) in [5.74, 6) is 1.42. The second kappa shape index (κ2) is 11.4. The summed E-state index contributed by atoms with van der Waals surface area (Å²) in [7, 11) is 3.24. The van der Waals surface area contributed by atoms with Crippen molar-refractivity contribution in [3.05, 3.63) is 47.5 Å². The Morgan fingerprint density at radius 2 is 1.81 bits per heavy atom. The molecule has 2 aliphatic rings. The largest absolute Gasteiger partial charge is 0.493 e. The molecule has 2 aromatic rings. The maximum absolute atomic E-state index is 12.6. The van der Waals surface area contributed by atoms with E-state index in [1.54, 1.807) is 33.3 Å². The van der Waals surface area contributed by atoms with Crippen LogP contribution in [0.1, 0.15) is 54.9 Å². The molecular formula is C27H36N6O4. The first kappa shape index (κ1) is 26.1. The topological polar surface area (TPSA) is 137 Å². The molecule has 1 saturated carbocycles. The Bertz CT molecular complexity index is 1190. The number of ether oxygens (including phenoxy) is 3. The Balaban J connectivity index is 1.66. The summed E-state index contributed by atoms with van der Waals surface area (Å²) in [6.07, 6.45) is 5.44. The molecule has 198 valence electrons. The fraction of sp³-hybridized carbons (Fsp3) is 0.444. The molecule has 0 unspecified atom stereocenters. The normalized spacial score (nSPS) is 16.6. The minimum Gasteiger partial charge on any atom is -0.493 e. The molecule has 0 atom stereocenters. The highest BCUT2D eigenvalue weighted by atomic mass is 16.5. The third-order valence-electron chi connectivity index (χ3n) is 6.78. The lowest BCUT2D eigenvalue weighted by atomic mass is 9.87. The number of nitrogens with two attached hydrogens (primary N) is 2. The van der Waals surface area contributed by atoms with Gasteiger partial charge in [-0.15, -0.1) is 0 Å². The Hall–Kier alpha value is -3.95. The fourth-order valence-corrected chi connectivity index (χ4v) is 5.06. The molecule has 0 aromatic heterocycles. The van der Waals surface area contributed by atoms with Gasteiger partial charge in [-0.2, -0.15) is 4.99 Å². The summed E-state index contributed by atoms with van der Waals surface area (Å²) < 4.78 is 16.0. The van der Waals surface area contributed by atoms with E-state index in [4.69, 9.17) is 30.7 Å². The van der Waals surface area contributed by atoms with E-state index in [9.17, 15) is 4.79 Å². The van der Waals surface area contributed by atoms with Gasteiger partial charge in [-0.1, -0.05) is 12.5 Å². The van der Waals surface area contributed by atoms with Crippen LogP contribution in [0.4, 0.5) is 11.4 Å². The number of nitrogens with zero attached hydrogens (tertiary/aromatic N) is 3. The number of methoxy groups -OCH3 is 2. The standard InChI is InChI=1S/C27H36N6O4/c1-4-37-24(34)19-9-10-20(30-15-12-18-8-11-22(35-2)23(16-18)36-3)21(17-19)33-26(29)31-25(28)32-27(33)13-6-5-7-14-27/h8-11,16-17,30H,4-7,12-15H2,1-3H3,(H4,28,29,31,32). The molecule has 0 saturated heterocycles. The lowest BCUT2D eigenvalue weighted by Gasteiger charge is -2.46. The molecule has 1 aliphatic carbocycles. The molecule has 10 nitrogen and oxygen atoms in total. The van der Waals surface area contributed by atoms with Crippen molar-refractivity contribution in [2.75, 3.05) is 37.6 Å². The smallest absolute Gasteiger partial charge is 0.338 e. The number of carbonyl (C=O) groups excluding carboxylic acids is 1. The molecule has 37 heavy (non-hydrogen) atoms. The molecule has 4 rings (SSSR count). The SMILES string of the molecule is CCOC(=O)c1ccc(NCCc2ccc(OC)c(OC)c2)c(N2C(N)=NC(N)=NC23CCCCC3)c1. The number of aliphatic imine (C=N–C) groups is 2. The number of nitrogens with one attached hydrogen (secondary N) is 1. The van der Waals surface area contributed by atoms with E-state index in [1.165, 1.54) is 0 Å². The summed E-state index contributed by atoms with van der Waals surface area (Å²) >= 11 is 0. The van der Waals surface area contributed by atoms with Gasteiger partial charge in [0.05, 0.1) is 37.8 Å². The van der Waals surface area contributed by atoms with Gasteiger partial charge in [0.15, 0.2) is 11.5 Å². The van der Waals surface area contributed by atoms with E-state index in [0.717, 1.165) is 55.5 Å². The van der Waals surface area contributed by atoms with E-state index < -0.39 is 11.6 Å². The maximum atomic E-state index is 12.6. The van der Waals surface area contributed by atoms with Crippen LogP contribution in [-0.2, 0) is 11.2 Å². The Kier molecular flexibility index (Phi) is 8.05. The molecule has 1 fully saturated rings. The fourth-order valence-electron chi connectivity index (χ4n) is 5.06. The van der Waals surface area contributed by atoms with Crippen molar-refractivity contribution in [1.29, 1.82) is 0 Å². The lowest BCUT2D eigenvalue weighted by Crippen LogP contribution is -2.58. The lowest BCUT2D eigenvalue weighted by molar-refractivity contribution is 0.0526. The highest BCUT2D eigenvalue weighted by Crippen LogP contribution is 2.42. The number of benzene rings is 2. The zero-order valence-corrected chi connectivity index (χ0v) is 21.8. The van der Waals surface area contributed by atoms with Crippen LogP contribution >= 0.6 is 0 Å². The zero-order chi connectivity index (χ0) is 26.4. The Labute approximate surface area is 217 Å². The molecule has 10 heteroatoms. The number of hydrogen-bond donors (Lipinski definition) is 3. The van der Waals surface area contributed by atoms with Crippen LogP contribution in [-0.4, -0.2) is 50.9 Å². The molecule has 5 N–H and O–H groups in total. The van der Waals surface area contributed by atoms with Crippen molar-refractivity contribution in [2.24, 2.45) is 21.5 Å². The zero-order valence-electron chi connectivity index (χ0n) is 21.8. The van der Waals surface area contributed by atoms with Crippen molar-refractivity contribution in [2.45, 2.75) is 51.1 Å². The minimum absolute atomic E-state index is 0.181. The number of hydrogen-bond acceptors (Lipinski definition) is 10. The third kappa shape index (κ3) is 5.58. The molecule has 2 aromatic carbocycles. The second-order valence-corrected chi connectivity index (χ2v) is 9.14. The molecule has 0 radical (unpaired) electrons. The van der Waals surface area contributed by atoms with E-state index >= 15 is 0 Å². The maximum Gasteiger partial charge on any atom is 0.338 e. The summed E-state index contributed by atoms with van der Waals surface area (Å²) in [4.78, 5) is 23.6. The number of esters is 1. The van der Waals surface area contributed by atoms with E-state index in [-0.39, 0.29) is 18.5 Å². The average molecular weight is 509 g/mol. The number of rotatable bonds is 9.